The van der Waals surface area contributed by atoms with Crippen molar-refractivity contribution >= 4 is 39.9 Å². The molecule has 4 nitrogen and oxygen atoms in total. The quantitative estimate of drug-likeness (QED) is 0.535. The first-order valence-corrected chi connectivity index (χ1v) is 8.29. The Bertz CT molecular complexity index is 816. The van der Waals surface area contributed by atoms with Gasteiger partial charge in [0.05, 0.1) is 21.6 Å². The summed E-state index contributed by atoms with van der Waals surface area (Å²) in [5, 5.41) is 0.331. The normalized spacial score (nSPS) is 11.6. The number of halogens is 1. The minimum absolute atomic E-state index is 0.303. The molecule has 0 radical (unpaired) electrons. The molecule has 1 atom stereocenters. The molecule has 0 saturated carbocycles. The van der Waals surface area contributed by atoms with Crippen LogP contribution in [0, 0.1) is 0 Å². The highest BCUT2D eigenvalue weighted by atomic mass is 35.5. The predicted octanol–water partition coefficient (Wildman–Crippen LogP) is 4.10. The molecule has 2 aromatic heterocycles. The van der Waals surface area contributed by atoms with Crippen LogP contribution in [0.5, 0.6) is 0 Å². The van der Waals surface area contributed by atoms with Gasteiger partial charge in [-0.1, -0.05) is 43.6 Å². The Labute approximate surface area is 136 Å². The summed E-state index contributed by atoms with van der Waals surface area (Å²) < 4.78 is 14.1. The highest BCUT2D eigenvalue weighted by molar-refractivity contribution is 7.83. The summed E-state index contributed by atoms with van der Waals surface area (Å²) in [5.74, 6) is 0. The molecule has 0 aliphatic heterocycles. The number of carbonyl (C=O) groups excluding carboxylic acids is 1. The SMILES string of the molecule is CC.O=Cc1cc2nc(Cl)ccc2n1S(=O)c1ccccc1. The number of aldehydes is 1. The number of nitrogens with zero attached hydrogens (tertiary/aromatic N) is 2. The molecule has 6 heteroatoms. The summed E-state index contributed by atoms with van der Waals surface area (Å²) in [4.78, 5) is 15.9. The van der Waals surface area contributed by atoms with Gasteiger partial charge in [-0.15, -0.1) is 0 Å². The van der Waals surface area contributed by atoms with E-state index < -0.39 is 11.0 Å². The number of rotatable bonds is 3. The van der Waals surface area contributed by atoms with Crippen molar-refractivity contribution in [2.75, 3.05) is 0 Å². The third-order valence-electron chi connectivity index (χ3n) is 2.84. The van der Waals surface area contributed by atoms with E-state index in [2.05, 4.69) is 4.98 Å². The number of benzene rings is 1. The maximum Gasteiger partial charge on any atom is 0.167 e. The molecule has 3 aromatic rings. The van der Waals surface area contributed by atoms with Gasteiger partial charge in [-0.3, -0.25) is 8.77 Å². The Morgan fingerprint density at radius 3 is 2.45 bits per heavy atom. The number of hydrogen-bond acceptors (Lipinski definition) is 3. The lowest BCUT2D eigenvalue weighted by molar-refractivity contribution is 0.111. The van der Waals surface area contributed by atoms with Crippen LogP contribution in [-0.2, 0) is 11.0 Å². The van der Waals surface area contributed by atoms with Crippen molar-refractivity contribution < 1.29 is 9.00 Å². The maximum atomic E-state index is 12.6. The lowest BCUT2D eigenvalue weighted by Crippen LogP contribution is -2.08. The molecule has 1 aromatic carbocycles. The van der Waals surface area contributed by atoms with Crippen LogP contribution in [0.1, 0.15) is 24.3 Å². The Balaban J connectivity index is 0.000000847. The van der Waals surface area contributed by atoms with Crippen LogP contribution in [0.4, 0.5) is 0 Å². The molecule has 0 spiro atoms. The van der Waals surface area contributed by atoms with Crippen LogP contribution in [0.3, 0.4) is 0 Å². The zero-order valence-corrected chi connectivity index (χ0v) is 13.8. The molecule has 0 aliphatic rings. The number of fused-ring (bicyclic) bond motifs is 1. The minimum atomic E-state index is -1.51. The molecular weight excluding hydrogens is 320 g/mol. The van der Waals surface area contributed by atoms with Gasteiger partial charge in [-0.25, -0.2) is 9.19 Å². The van der Waals surface area contributed by atoms with Gasteiger partial charge in [0.1, 0.15) is 5.15 Å². The zero-order valence-electron chi connectivity index (χ0n) is 12.2. The van der Waals surface area contributed by atoms with Gasteiger partial charge < -0.3 is 0 Å². The Morgan fingerprint density at radius 1 is 1.14 bits per heavy atom. The zero-order chi connectivity index (χ0) is 16.1. The average Bonchev–Trinajstić information content (AvgIpc) is 2.94. The fourth-order valence-corrected chi connectivity index (χ4v) is 3.34. The Kier molecular flexibility index (Phi) is 5.46. The fourth-order valence-electron chi connectivity index (χ4n) is 1.97. The molecule has 0 N–H and O–H groups in total. The third-order valence-corrected chi connectivity index (χ3v) is 4.46. The van der Waals surface area contributed by atoms with E-state index >= 15 is 0 Å². The molecule has 3 rings (SSSR count). The third kappa shape index (κ3) is 3.10. The van der Waals surface area contributed by atoms with Gasteiger partial charge in [0, 0.05) is 0 Å². The second-order valence-corrected chi connectivity index (χ2v) is 5.80. The van der Waals surface area contributed by atoms with Crippen molar-refractivity contribution in [3.05, 3.63) is 59.4 Å². The number of pyridine rings is 1. The standard InChI is InChI=1S/C14H9ClN2O2S.C2H6/c15-14-7-6-13-12(16-14)8-10(9-18)17(13)20(19)11-4-2-1-3-5-11;1-2/h1-9H;1-2H3. The van der Waals surface area contributed by atoms with Crippen molar-refractivity contribution in [2.45, 2.75) is 18.7 Å². The van der Waals surface area contributed by atoms with Crippen molar-refractivity contribution in [3.8, 4) is 0 Å². The Morgan fingerprint density at radius 2 is 1.82 bits per heavy atom. The number of aromatic nitrogens is 2. The molecule has 0 aliphatic carbocycles. The molecule has 0 amide bonds. The van der Waals surface area contributed by atoms with E-state index in [4.69, 9.17) is 11.6 Å². The van der Waals surface area contributed by atoms with Crippen LogP contribution < -0.4 is 0 Å². The van der Waals surface area contributed by atoms with Gasteiger partial charge in [-0.2, -0.15) is 0 Å². The van der Waals surface area contributed by atoms with E-state index in [9.17, 15) is 9.00 Å². The summed E-state index contributed by atoms with van der Waals surface area (Å²) >= 11 is 5.84. The van der Waals surface area contributed by atoms with Crippen molar-refractivity contribution in [2.24, 2.45) is 0 Å². The fraction of sp³-hybridized carbons (Fsp3) is 0.125. The first-order chi connectivity index (χ1) is 10.7. The molecule has 22 heavy (non-hydrogen) atoms. The van der Waals surface area contributed by atoms with Crippen molar-refractivity contribution in [3.63, 3.8) is 0 Å². The number of hydrogen-bond donors (Lipinski definition) is 0. The molecule has 0 saturated heterocycles. The van der Waals surface area contributed by atoms with E-state index in [0.29, 0.717) is 33.1 Å². The summed E-state index contributed by atoms with van der Waals surface area (Å²) in [5.41, 5.74) is 1.46. The molecule has 1 unspecified atom stereocenters. The van der Waals surface area contributed by atoms with E-state index in [-0.39, 0.29) is 0 Å². The first kappa shape index (κ1) is 16.4. The average molecular weight is 335 g/mol. The molecule has 114 valence electrons. The molecule has 0 bridgehead atoms. The van der Waals surface area contributed by atoms with E-state index in [1.807, 2.05) is 19.9 Å². The van der Waals surface area contributed by atoms with Crippen LogP contribution >= 0.6 is 11.6 Å². The molecule has 2 heterocycles. The molecule has 0 fully saturated rings. The second-order valence-electron chi connectivity index (χ2n) is 4.08. The van der Waals surface area contributed by atoms with Crippen LogP contribution in [0.2, 0.25) is 5.15 Å². The monoisotopic (exact) mass is 334 g/mol. The largest absolute Gasteiger partial charge is 0.296 e. The van der Waals surface area contributed by atoms with Gasteiger partial charge in [0.25, 0.3) is 0 Å². The summed E-state index contributed by atoms with van der Waals surface area (Å²) in [7, 11) is -1.51. The highest BCUT2D eigenvalue weighted by Gasteiger charge is 2.16. The maximum absolute atomic E-state index is 12.6. The highest BCUT2D eigenvalue weighted by Crippen LogP contribution is 2.23. The van der Waals surface area contributed by atoms with E-state index in [1.54, 1.807) is 42.5 Å². The summed E-state index contributed by atoms with van der Waals surface area (Å²) in [6.45, 7) is 4.00. The van der Waals surface area contributed by atoms with Crippen molar-refractivity contribution in [1.82, 2.24) is 8.96 Å². The summed E-state index contributed by atoms with van der Waals surface area (Å²) in [6, 6.07) is 13.8. The van der Waals surface area contributed by atoms with Gasteiger partial charge >= 0.3 is 0 Å². The van der Waals surface area contributed by atoms with Gasteiger partial charge in [-0.05, 0) is 30.3 Å². The lowest BCUT2D eigenvalue weighted by atomic mass is 10.4. The lowest BCUT2D eigenvalue weighted by Gasteiger charge is -2.06. The van der Waals surface area contributed by atoms with Crippen molar-refractivity contribution in [1.29, 1.82) is 0 Å². The minimum Gasteiger partial charge on any atom is -0.296 e. The number of carbonyl (C=O) groups is 1. The van der Waals surface area contributed by atoms with E-state index in [1.165, 1.54) is 3.97 Å². The second kappa shape index (κ2) is 7.33. The summed E-state index contributed by atoms with van der Waals surface area (Å²) in [6.07, 6.45) is 0.663. The molecular formula is C16H15ClN2O2S. The van der Waals surface area contributed by atoms with Gasteiger partial charge in [0.15, 0.2) is 17.3 Å². The topological polar surface area (TPSA) is 52.0 Å². The first-order valence-electron chi connectivity index (χ1n) is 6.81. The van der Waals surface area contributed by atoms with Crippen LogP contribution in [-0.4, -0.2) is 19.5 Å². The van der Waals surface area contributed by atoms with Crippen LogP contribution in [0.25, 0.3) is 11.0 Å². The predicted molar refractivity (Wildman–Crippen MR) is 89.7 cm³/mol. The smallest absolute Gasteiger partial charge is 0.167 e. The van der Waals surface area contributed by atoms with Gasteiger partial charge in [0.2, 0.25) is 0 Å². The van der Waals surface area contributed by atoms with E-state index in [0.717, 1.165) is 0 Å². The Hall–Kier alpha value is -1.98. The van der Waals surface area contributed by atoms with Crippen LogP contribution in [0.15, 0.2) is 53.4 Å².